The van der Waals surface area contributed by atoms with E-state index in [4.69, 9.17) is 4.74 Å². The lowest BCUT2D eigenvalue weighted by Crippen LogP contribution is -2.25. The smallest absolute Gasteiger partial charge is 0.306 e. The van der Waals surface area contributed by atoms with Crippen molar-refractivity contribution < 1.29 is 14.6 Å². The average molecular weight is 383 g/mol. The molecule has 1 N–H and O–H groups in total. The second-order valence-corrected chi connectivity index (χ2v) is 7.98. The van der Waals surface area contributed by atoms with E-state index in [0.717, 1.165) is 12.8 Å². The Labute approximate surface area is 169 Å². The van der Waals surface area contributed by atoms with Crippen LogP contribution in [0.3, 0.4) is 0 Å². The van der Waals surface area contributed by atoms with Gasteiger partial charge in [-0.3, -0.25) is 4.79 Å². The molecule has 0 bridgehead atoms. The van der Waals surface area contributed by atoms with Crippen LogP contribution in [0.5, 0.6) is 0 Å². The Morgan fingerprint density at radius 2 is 1.22 bits per heavy atom. The molecule has 0 heterocycles. The molecule has 0 aliphatic carbocycles. The van der Waals surface area contributed by atoms with Crippen LogP contribution in [0.4, 0.5) is 0 Å². The molecule has 0 spiro atoms. The van der Waals surface area contributed by atoms with E-state index in [1.165, 1.54) is 83.5 Å². The summed E-state index contributed by atoms with van der Waals surface area (Å²) in [4.78, 5) is 11.6. The van der Waals surface area contributed by atoms with Crippen molar-refractivity contribution >= 4 is 5.97 Å². The summed E-state index contributed by atoms with van der Waals surface area (Å²) in [6.45, 7) is 5.64. The summed E-state index contributed by atoms with van der Waals surface area (Å²) in [5.74, 6) is -0.184. The Morgan fingerprint density at radius 3 is 1.70 bits per heavy atom. The van der Waals surface area contributed by atoms with Crippen molar-refractivity contribution in [1.29, 1.82) is 0 Å². The maximum absolute atomic E-state index is 11.6. The van der Waals surface area contributed by atoms with Gasteiger partial charge >= 0.3 is 5.97 Å². The monoisotopic (exact) mass is 382 g/mol. The molecule has 0 amide bonds. The number of carbonyl (C=O) groups is 1. The number of hydrogen-bond acceptors (Lipinski definition) is 3. The first kappa shape index (κ1) is 26.2. The van der Waals surface area contributed by atoms with Gasteiger partial charge in [0.15, 0.2) is 0 Å². The van der Waals surface area contributed by atoms with Gasteiger partial charge in [0, 0.05) is 6.42 Å². The first-order valence-electron chi connectivity index (χ1n) is 11.6. The van der Waals surface area contributed by atoms with Gasteiger partial charge in [-0.25, -0.2) is 0 Å². The lowest BCUT2D eigenvalue weighted by atomic mass is 10.1. The first-order chi connectivity index (χ1) is 13.1. The second-order valence-electron chi connectivity index (χ2n) is 7.98. The van der Waals surface area contributed by atoms with E-state index >= 15 is 0 Å². The van der Waals surface area contributed by atoms with E-state index in [-0.39, 0.29) is 5.97 Å². The second kappa shape index (κ2) is 19.9. The molecule has 27 heavy (non-hydrogen) atoms. The van der Waals surface area contributed by atoms with E-state index in [2.05, 4.69) is 19.1 Å². The van der Waals surface area contributed by atoms with Crippen LogP contribution in [0.2, 0.25) is 0 Å². The van der Waals surface area contributed by atoms with Gasteiger partial charge in [-0.1, -0.05) is 83.3 Å². The number of carbonyl (C=O) groups excluding carboxylic acids is 1. The Kier molecular flexibility index (Phi) is 19.3. The van der Waals surface area contributed by atoms with Crippen molar-refractivity contribution in [3.8, 4) is 0 Å². The van der Waals surface area contributed by atoms with Crippen LogP contribution in [0.25, 0.3) is 0 Å². The van der Waals surface area contributed by atoms with Crippen LogP contribution in [-0.2, 0) is 9.53 Å². The van der Waals surface area contributed by atoms with Gasteiger partial charge in [0.05, 0.1) is 6.10 Å². The van der Waals surface area contributed by atoms with E-state index in [0.29, 0.717) is 6.42 Å². The average Bonchev–Trinajstić information content (AvgIpc) is 2.64. The zero-order chi connectivity index (χ0) is 20.2. The summed E-state index contributed by atoms with van der Waals surface area (Å²) in [5.41, 5.74) is 0. The number of rotatable bonds is 19. The van der Waals surface area contributed by atoms with Crippen LogP contribution in [0.15, 0.2) is 12.2 Å². The molecule has 3 nitrogen and oxygen atoms in total. The minimum Gasteiger partial charge on any atom is -0.460 e. The van der Waals surface area contributed by atoms with Crippen molar-refractivity contribution in [3.05, 3.63) is 12.2 Å². The Bertz CT molecular complexity index is 350. The molecule has 0 aromatic carbocycles. The topological polar surface area (TPSA) is 46.5 Å². The molecular weight excluding hydrogens is 336 g/mol. The quantitative estimate of drug-likeness (QED) is 0.147. The molecule has 2 atom stereocenters. The fourth-order valence-electron chi connectivity index (χ4n) is 3.06. The number of unbranched alkanes of at least 4 members (excludes halogenated alkanes) is 13. The van der Waals surface area contributed by atoms with Gasteiger partial charge in [0.2, 0.25) is 0 Å². The molecule has 0 saturated carbocycles. The largest absolute Gasteiger partial charge is 0.460 e. The van der Waals surface area contributed by atoms with E-state index in [9.17, 15) is 9.90 Å². The zero-order valence-corrected chi connectivity index (χ0v) is 18.4. The third-order valence-electron chi connectivity index (χ3n) is 5.14. The standard InChI is InChI=1S/C24H46O3/c1-4-5-6-7-8-9-10-11-12-13-14-15-16-17-18-19-20-21-24(26)27-23(3)22(2)25/h11-12,22-23,25H,4-10,13-21H2,1-3H3/t22-,23+/m0/s1. The molecule has 160 valence electrons. The van der Waals surface area contributed by atoms with Gasteiger partial charge in [0.1, 0.15) is 6.10 Å². The van der Waals surface area contributed by atoms with Crippen molar-refractivity contribution in [3.63, 3.8) is 0 Å². The summed E-state index contributed by atoms with van der Waals surface area (Å²) < 4.78 is 5.15. The fourth-order valence-corrected chi connectivity index (χ4v) is 3.06. The Morgan fingerprint density at radius 1 is 0.778 bits per heavy atom. The maximum atomic E-state index is 11.6. The Balaban J connectivity index is 3.24. The molecule has 3 heteroatoms. The summed E-state index contributed by atoms with van der Waals surface area (Å²) >= 11 is 0. The molecule has 0 aromatic rings. The highest BCUT2D eigenvalue weighted by Crippen LogP contribution is 2.12. The summed E-state index contributed by atoms with van der Waals surface area (Å²) in [6.07, 6.45) is 23.3. The highest BCUT2D eigenvalue weighted by Gasteiger charge is 2.13. The van der Waals surface area contributed by atoms with Gasteiger partial charge in [-0.05, 0) is 46.0 Å². The molecule has 0 aliphatic heterocycles. The number of esters is 1. The zero-order valence-electron chi connectivity index (χ0n) is 18.4. The molecule has 0 aliphatic rings. The molecule has 0 unspecified atom stereocenters. The molecule has 0 saturated heterocycles. The molecular formula is C24H46O3. The third kappa shape index (κ3) is 19.7. The summed E-state index contributed by atoms with van der Waals surface area (Å²) in [5, 5.41) is 9.31. The minimum absolute atomic E-state index is 0.184. The van der Waals surface area contributed by atoms with E-state index in [1.54, 1.807) is 13.8 Å². The lowest BCUT2D eigenvalue weighted by Gasteiger charge is -2.15. The van der Waals surface area contributed by atoms with Gasteiger partial charge in [-0.15, -0.1) is 0 Å². The predicted octanol–water partition coefficient (Wildman–Crippen LogP) is 7.12. The summed E-state index contributed by atoms with van der Waals surface area (Å²) in [7, 11) is 0. The van der Waals surface area contributed by atoms with Gasteiger partial charge in [-0.2, -0.15) is 0 Å². The number of allylic oxidation sites excluding steroid dienone is 2. The third-order valence-corrected chi connectivity index (χ3v) is 5.14. The molecule has 0 aromatic heterocycles. The highest BCUT2D eigenvalue weighted by atomic mass is 16.6. The maximum Gasteiger partial charge on any atom is 0.306 e. The SMILES string of the molecule is CCCCCCCCC=CCCCCCCCCCC(=O)O[C@H](C)[C@H](C)O. The molecule has 0 fully saturated rings. The normalized spacial score (nSPS) is 13.8. The molecule has 0 rings (SSSR count). The lowest BCUT2D eigenvalue weighted by molar-refractivity contribution is -0.153. The van der Waals surface area contributed by atoms with Crippen molar-refractivity contribution in [2.24, 2.45) is 0 Å². The van der Waals surface area contributed by atoms with Crippen molar-refractivity contribution in [2.75, 3.05) is 0 Å². The minimum atomic E-state index is -0.598. The van der Waals surface area contributed by atoms with E-state index < -0.39 is 12.2 Å². The summed E-state index contributed by atoms with van der Waals surface area (Å²) in [6, 6.07) is 0. The van der Waals surface area contributed by atoms with Gasteiger partial charge in [0.25, 0.3) is 0 Å². The fraction of sp³-hybridized carbons (Fsp3) is 0.875. The number of aliphatic hydroxyl groups is 1. The van der Waals surface area contributed by atoms with Crippen LogP contribution in [0, 0.1) is 0 Å². The van der Waals surface area contributed by atoms with Crippen molar-refractivity contribution in [1.82, 2.24) is 0 Å². The van der Waals surface area contributed by atoms with Crippen LogP contribution in [-0.4, -0.2) is 23.3 Å². The molecule has 0 radical (unpaired) electrons. The van der Waals surface area contributed by atoms with Crippen LogP contribution >= 0.6 is 0 Å². The van der Waals surface area contributed by atoms with Crippen LogP contribution < -0.4 is 0 Å². The highest BCUT2D eigenvalue weighted by molar-refractivity contribution is 5.69. The number of hydrogen-bond donors (Lipinski definition) is 1. The number of aliphatic hydroxyl groups excluding tert-OH is 1. The van der Waals surface area contributed by atoms with E-state index in [1.807, 2.05) is 0 Å². The predicted molar refractivity (Wildman–Crippen MR) is 116 cm³/mol. The Hall–Kier alpha value is -0.830. The van der Waals surface area contributed by atoms with Gasteiger partial charge < -0.3 is 9.84 Å². The van der Waals surface area contributed by atoms with Crippen molar-refractivity contribution in [2.45, 2.75) is 136 Å². The number of ether oxygens (including phenoxy) is 1. The van der Waals surface area contributed by atoms with Crippen LogP contribution in [0.1, 0.15) is 124 Å². The first-order valence-corrected chi connectivity index (χ1v) is 11.6.